The van der Waals surface area contributed by atoms with Crippen LogP contribution in [0, 0.1) is 11.3 Å². The number of nitriles is 1. The van der Waals surface area contributed by atoms with Crippen molar-refractivity contribution >= 4 is 0 Å². The van der Waals surface area contributed by atoms with Crippen LogP contribution in [0.25, 0.3) is 0 Å². The van der Waals surface area contributed by atoms with Crippen LogP contribution in [0.2, 0.25) is 0 Å². The van der Waals surface area contributed by atoms with E-state index in [1.165, 1.54) is 0 Å². The molecular formula is C11H14N2O2. The molecule has 0 spiro atoms. The minimum atomic E-state index is -0.393. The molecule has 0 amide bonds. The van der Waals surface area contributed by atoms with Crippen molar-refractivity contribution in [1.82, 2.24) is 5.32 Å². The molecule has 1 aromatic rings. The van der Waals surface area contributed by atoms with Crippen molar-refractivity contribution in [3.05, 3.63) is 23.8 Å². The Morgan fingerprint density at radius 1 is 1.33 bits per heavy atom. The van der Waals surface area contributed by atoms with Gasteiger partial charge >= 0.3 is 0 Å². The van der Waals surface area contributed by atoms with Crippen LogP contribution in [-0.2, 0) is 0 Å². The molecule has 1 N–H and O–H groups in total. The molecule has 0 radical (unpaired) electrons. The highest BCUT2D eigenvalue weighted by Gasteiger charge is 2.14. The van der Waals surface area contributed by atoms with E-state index in [4.69, 9.17) is 14.7 Å². The maximum atomic E-state index is 8.95. The van der Waals surface area contributed by atoms with Crippen LogP contribution in [-0.4, -0.2) is 21.3 Å². The molecule has 4 nitrogen and oxygen atoms in total. The predicted octanol–water partition coefficient (Wildman–Crippen LogP) is 1.49. The van der Waals surface area contributed by atoms with Crippen LogP contribution < -0.4 is 14.8 Å². The third kappa shape index (κ3) is 2.39. The number of benzene rings is 1. The summed E-state index contributed by atoms with van der Waals surface area (Å²) in [4.78, 5) is 0. The van der Waals surface area contributed by atoms with Crippen molar-refractivity contribution in [1.29, 1.82) is 5.26 Å². The molecule has 0 bridgehead atoms. The van der Waals surface area contributed by atoms with Crippen LogP contribution >= 0.6 is 0 Å². The fourth-order valence-corrected chi connectivity index (χ4v) is 1.35. The predicted molar refractivity (Wildman–Crippen MR) is 57.0 cm³/mol. The molecule has 0 heterocycles. The van der Waals surface area contributed by atoms with Crippen molar-refractivity contribution in [3.8, 4) is 17.6 Å². The summed E-state index contributed by atoms with van der Waals surface area (Å²) in [7, 11) is 4.90. The summed E-state index contributed by atoms with van der Waals surface area (Å²) in [5, 5.41) is 11.9. The zero-order valence-electron chi connectivity index (χ0n) is 9.07. The standard InChI is InChI=1S/C11H14N2O2/c1-13-10(7-12)9-6-8(14-2)4-5-11(9)15-3/h4-6,10,13H,1-3H3. The van der Waals surface area contributed by atoms with Gasteiger partial charge in [-0.15, -0.1) is 0 Å². The van der Waals surface area contributed by atoms with E-state index in [9.17, 15) is 0 Å². The minimum Gasteiger partial charge on any atom is -0.497 e. The molecule has 0 saturated carbocycles. The Morgan fingerprint density at radius 3 is 2.53 bits per heavy atom. The highest BCUT2D eigenvalue weighted by atomic mass is 16.5. The van der Waals surface area contributed by atoms with Gasteiger partial charge in [0.15, 0.2) is 0 Å². The van der Waals surface area contributed by atoms with Crippen molar-refractivity contribution in [2.45, 2.75) is 6.04 Å². The van der Waals surface area contributed by atoms with E-state index in [1.807, 2.05) is 0 Å². The third-order valence-electron chi connectivity index (χ3n) is 2.17. The van der Waals surface area contributed by atoms with Crippen molar-refractivity contribution < 1.29 is 9.47 Å². The van der Waals surface area contributed by atoms with Gasteiger partial charge in [0.05, 0.1) is 20.3 Å². The van der Waals surface area contributed by atoms with Crippen molar-refractivity contribution in [2.75, 3.05) is 21.3 Å². The molecule has 1 rings (SSSR count). The van der Waals surface area contributed by atoms with Crippen LogP contribution in [0.5, 0.6) is 11.5 Å². The SMILES string of the molecule is CNC(C#N)c1cc(OC)ccc1OC. The first kappa shape index (κ1) is 11.3. The molecule has 15 heavy (non-hydrogen) atoms. The number of hydrogen-bond donors (Lipinski definition) is 1. The highest BCUT2D eigenvalue weighted by Crippen LogP contribution is 2.28. The summed E-state index contributed by atoms with van der Waals surface area (Å²) < 4.78 is 10.3. The van der Waals surface area contributed by atoms with E-state index in [0.29, 0.717) is 11.5 Å². The number of methoxy groups -OCH3 is 2. The maximum absolute atomic E-state index is 8.95. The van der Waals surface area contributed by atoms with E-state index >= 15 is 0 Å². The van der Waals surface area contributed by atoms with Gasteiger partial charge in [-0.3, -0.25) is 0 Å². The molecule has 0 saturated heterocycles. The maximum Gasteiger partial charge on any atom is 0.124 e. The van der Waals surface area contributed by atoms with Gasteiger partial charge in [-0.25, -0.2) is 0 Å². The number of nitrogens with zero attached hydrogens (tertiary/aromatic N) is 1. The first-order valence-corrected chi connectivity index (χ1v) is 4.55. The van der Waals surface area contributed by atoms with E-state index in [0.717, 1.165) is 5.56 Å². The summed E-state index contributed by atoms with van der Waals surface area (Å²) >= 11 is 0. The van der Waals surface area contributed by atoms with E-state index < -0.39 is 6.04 Å². The average Bonchev–Trinajstić information content (AvgIpc) is 2.30. The van der Waals surface area contributed by atoms with Gasteiger partial charge in [0.25, 0.3) is 0 Å². The number of hydrogen-bond acceptors (Lipinski definition) is 4. The molecule has 0 fully saturated rings. The second-order valence-electron chi connectivity index (χ2n) is 2.96. The molecule has 1 unspecified atom stereocenters. The first-order chi connectivity index (χ1) is 7.26. The van der Waals surface area contributed by atoms with Crippen molar-refractivity contribution in [2.24, 2.45) is 0 Å². The Bertz CT molecular complexity index is 371. The van der Waals surface area contributed by atoms with Crippen LogP contribution in [0.4, 0.5) is 0 Å². The molecule has 1 aromatic carbocycles. The zero-order chi connectivity index (χ0) is 11.3. The first-order valence-electron chi connectivity index (χ1n) is 4.55. The summed E-state index contributed by atoms with van der Waals surface area (Å²) in [6.45, 7) is 0. The van der Waals surface area contributed by atoms with Gasteiger partial charge in [0, 0.05) is 5.56 Å². The molecule has 1 atom stereocenters. The Hall–Kier alpha value is -1.73. The topological polar surface area (TPSA) is 54.3 Å². The molecule has 4 heteroatoms. The van der Waals surface area contributed by atoms with Gasteiger partial charge in [0.1, 0.15) is 17.5 Å². The molecule has 0 aromatic heterocycles. The number of nitrogens with one attached hydrogen (secondary N) is 1. The van der Waals surface area contributed by atoms with Crippen molar-refractivity contribution in [3.63, 3.8) is 0 Å². The quantitative estimate of drug-likeness (QED) is 0.810. The normalized spacial score (nSPS) is 11.6. The van der Waals surface area contributed by atoms with Gasteiger partial charge in [-0.1, -0.05) is 0 Å². The van der Waals surface area contributed by atoms with Gasteiger partial charge in [0.2, 0.25) is 0 Å². The second kappa shape index (κ2) is 5.23. The number of rotatable bonds is 4. The molecule has 0 aliphatic rings. The highest BCUT2D eigenvalue weighted by molar-refractivity contribution is 5.44. The Balaban J connectivity index is 3.17. The summed E-state index contributed by atoms with van der Waals surface area (Å²) in [6, 6.07) is 7.13. The molecular weight excluding hydrogens is 192 g/mol. The Morgan fingerprint density at radius 2 is 2.07 bits per heavy atom. The van der Waals surface area contributed by atoms with Crippen LogP contribution in [0.3, 0.4) is 0 Å². The van der Waals surface area contributed by atoms with Crippen LogP contribution in [0.1, 0.15) is 11.6 Å². The Kier molecular flexibility index (Phi) is 3.95. The van der Waals surface area contributed by atoms with E-state index in [2.05, 4.69) is 11.4 Å². The molecule has 80 valence electrons. The Labute approximate surface area is 89.4 Å². The van der Waals surface area contributed by atoms with Crippen LogP contribution in [0.15, 0.2) is 18.2 Å². The van der Waals surface area contributed by atoms with E-state index in [-0.39, 0.29) is 0 Å². The summed E-state index contributed by atoms with van der Waals surface area (Å²) in [6.07, 6.45) is 0. The smallest absolute Gasteiger partial charge is 0.124 e. The number of ether oxygens (including phenoxy) is 2. The fraction of sp³-hybridized carbons (Fsp3) is 0.364. The second-order valence-corrected chi connectivity index (χ2v) is 2.96. The average molecular weight is 206 g/mol. The van der Waals surface area contributed by atoms with Gasteiger partial charge in [-0.2, -0.15) is 5.26 Å². The zero-order valence-corrected chi connectivity index (χ0v) is 9.07. The van der Waals surface area contributed by atoms with E-state index in [1.54, 1.807) is 39.5 Å². The fourth-order valence-electron chi connectivity index (χ4n) is 1.35. The third-order valence-corrected chi connectivity index (χ3v) is 2.17. The van der Waals surface area contributed by atoms with Gasteiger partial charge < -0.3 is 14.8 Å². The summed E-state index contributed by atoms with van der Waals surface area (Å²) in [5.74, 6) is 1.39. The lowest BCUT2D eigenvalue weighted by Gasteiger charge is -2.13. The largest absolute Gasteiger partial charge is 0.497 e. The monoisotopic (exact) mass is 206 g/mol. The minimum absolute atomic E-state index is 0.393. The lowest BCUT2D eigenvalue weighted by Crippen LogP contribution is -2.15. The molecule has 0 aliphatic heterocycles. The lowest BCUT2D eigenvalue weighted by atomic mass is 10.1. The van der Waals surface area contributed by atoms with Gasteiger partial charge in [-0.05, 0) is 25.2 Å². The summed E-state index contributed by atoms with van der Waals surface area (Å²) in [5.41, 5.74) is 0.779. The lowest BCUT2D eigenvalue weighted by molar-refractivity contribution is 0.396. The molecule has 0 aliphatic carbocycles.